The minimum atomic E-state index is -0.482. The van der Waals surface area contributed by atoms with E-state index in [9.17, 15) is 9.90 Å². The molecular weight excluding hydrogens is 228 g/mol. The van der Waals surface area contributed by atoms with Gasteiger partial charge in [-0.25, -0.2) is 0 Å². The number of phenolic OH excluding ortho intramolecular Hbond substituents is 2. The number of carbonyl (C=O) groups excluding carboxylic acids is 1. The second-order valence-corrected chi connectivity index (χ2v) is 3.70. The lowest BCUT2D eigenvalue weighted by molar-refractivity contribution is 0.0951. The lowest BCUT2D eigenvalue weighted by Crippen LogP contribution is -2.27. The van der Waals surface area contributed by atoms with Crippen LogP contribution in [0.15, 0.2) is 18.2 Å². The zero-order valence-corrected chi connectivity index (χ0v) is 9.25. The minimum absolute atomic E-state index is 0.0166. The molecule has 6 heteroatoms. The molecular formula is C10H12N2O3S. The molecule has 0 saturated carbocycles. The normalized spacial score (nSPS) is 9.75. The molecule has 5 N–H and O–H groups in total. The van der Waals surface area contributed by atoms with Crippen LogP contribution in [0.4, 0.5) is 0 Å². The van der Waals surface area contributed by atoms with Crippen LogP contribution >= 0.6 is 12.2 Å². The average Bonchev–Trinajstić information content (AvgIpc) is 2.21. The number of hydrogen-bond acceptors (Lipinski definition) is 4. The highest BCUT2D eigenvalue weighted by atomic mass is 32.1. The molecule has 0 aliphatic heterocycles. The van der Waals surface area contributed by atoms with Gasteiger partial charge < -0.3 is 21.3 Å². The second kappa shape index (κ2) is 5.32. The molecule has 0 bridgehead atoms. The second-order valence-electron chi connectivity index (χ2n) is 3.17. The maximum Gasteiger partial charge on any atom is 0.255 e. The fourth-order valence-electron chi connectivity index (χ4n) is 1.10. The summed E-state index contributed by atoms with van der Waals surface area (Å²) < 4.78 is 0. The molecule has 16 heavy (non-hydrogen) atoms. The van der Waals surface area contributed by atoms with Crippen LogP contribution in [0.3, 0.4) is 0 Å². The fraction of sp³-hybridized carbons (Fsp3) is 0.200. The van der Waals surface area contributed by atoms with Gasteiger partial charge in [-0.05, 0) is 18.2 Å². The third-order valence-corrected chi connectivity index (χ3v) is 2.09. The lowest BCUT2D eigenvalue weighted by atomic mass is 10.1. The number of amides is 1. The molecule has 0 atom stereocenters. The molecule has 1 amide bonds. The van der Waals surface area contributed by atoms with Crippen molar-refractivity contribution in [2.75, 3.05) is 6.54 Å². The van der Waals surface area contributed by atoms with Gasteiger partial charge in [-0.15, -0.1) is 0 Å². The zero-order chi connectivity index (χ0) is 12.1. The molecule has 0 saturated heterocycles. The Labute approximate surface area is 97.9 Å². The molecule has 0 radical (unpaired) electrons. The highest BCUT2D eigenvalue weighted by molar-refractivity contribution is 7.80. The summed E-state index contributed by atoms with van der Waals surface area (Å²) in [5.74, 6) is -0.757. The monoisotopic (exact) mass is 240 g/mol. The van der Waals surface area contributed by atoms with E-state index in [1.807, 2.05) is 0 Å². The molecule has 0 aromatic heterocycles. The molecule has 0 fully saturated rings. The molecule has 0 heterocycles. The zero-order valence-electron chi connectivity index (χ0n) is 8.43. The predicted octanol–water partition coefficient (Wildman–Crippen LogP) is 0.504. The van der Waals surface area contributed by atoms with Crippen molar-refractivity contribution in [1.82, 2.24) is 5.32 Å². The Morgan fingerprint density at radius 1 is 1.44 bits per heavy atom. The van der Waals surface area contributed by atoms with Gasteiger partial charge in [0.2, 0.25) is 0 Å². The van der Waals surface area contributed by atoms with Crippen LogP contribution in [0.2, 0.25) is 0 Å². The molecule has 5 nitrogen and oxygen atoms in total. The Bertz CT molecular complexity index is 421. The van der Waals surface area contributed by atoms with E-state index in [0.717, 1.165) is 0 Å². The Morgan fingerprint density at radius 2 is 2.12 bits per heavy atom. The summed E-state index contributed by atoms with van der Waals surface area (Å²) in [6.45, 7) is 0.295. The number of carbonyl (C=O) groups is 1. The molecule has 1 aromatic rings. The van der Waals surface area contributed by atoms with Crippen LogP contribution < -0.4 is 11.1 Å². The van der Waals surface area contributed by atoms with E-state index < -0.39 is 5.91 Å². The van der Waals surface area contributed by atoms with Gasteiger partial charge in [-0.1, -0.05) is 12.2 Å². The molecule has 1 rings (SSSR count). The summed E-state index contributed by atoms with van der Waals surface area (Å²) in [7, 11) is 0. The predicted molar refractivity (Wildman–Crippen MR) is 63.5 cm³/mol. The van der Waals surface area contributed by atoms with Gasteiger partial charge in [0, 0.05) is 13.0 Å². The number of thiocarbonyl (C=S) groups is 1. The Balaban J connectivity index is 2.65. The van der Waals surface area contributed by atoms with Crippen molar-refractivity contribution in [3.8, 4) is 11.5 Å². The van der Waals surface area contributed by atoms with E-state index in [4.69, 9.17) is 10.8 Å². The van der Waals surface area contributed by atoms with Crippen molar-refractivity contribution < 1.29 is 15.0 Å². The summed E-state index contributed by atoms with van der Waals surface area (Å²) in [5, 5.41) is 21.1. The number of aromatic hydroxyl groups is 2. The summed E-state index contributed by atoms with van der Waals surface area (Å²) in [4.78, 5) is 11.8. The van der Waals surface area contributed by atoms with Crippen molar-refractivity contribution in [3.63, 3.8) is 0 Å². The first kappa shape index (κ1) is 12.3. The Hall–Kier alpha value is -1.82. The quantitative estimate of drug-likeness (QED) is 0.454. The maximum atomic E-state index is 11.5. The summed E-state index contributed by atoms with van der Waals surface area (Å²) in [6, 6.07) is 3.73. The topological polar surface area (TPSA) is 95.6 Å². The SMILES string of the molecule is NC(=S)CCNC(=O)c1cc(O)ccc1O. The van der Waals surface area contributed by atoms with Gasteiger partial charge in [-0.2, -0.15) is 0 Å². The van der Waals surface area contributed by atoms with E-state index in [2.05, 4.69) is 17.5 Å². The van der Waals surface area contributed by atoms with E-state index in [-0.39, 0.29) is 17.1 Å². The lowest BCUT2D eigenvalue weighted by Gasteiger charge is -2.06. The Morgan fingerprint density at radius 3 is 2.75 bits per heavy atom. The molecule has 86 valence electrons. The molecule has 0 aliphatic carbocycles. The largest absolute Gasteiger partial charge is 0.508 e. The van der Waals surface area contributed by atoms with Crippen LogP contribution in [0.25, 0.3) is 0 Å². The third kappa shape index (κ3) is 3.39. The first-order valence-electron chi connectivity index (χ1n) is 4.59. The smallest absolute Gasteiger partial charge is 0.255 e. The number of nitrogens with two attached hydrogens (primary N) is 1. The van der Waals surface area contributed by atoms with Crippen LogP contribution in [0.5, 0.6) is 11.5 Å². The fourth-order valence-corrected chi connectivity index (χ4v) is 1.20. The third-order valence-electron chi connectivity index (χ3n) is 1.88. The van der Waals surface area contributed by atoms with E-state index >= 15 is 0 Å². The van der Waals surface area contributed by atoms with Crippen LogP contribution in [-0.4, -0.2) is 27.7 Å². The summed E-state index contributed by atoms with van der Waals surface area (Å²) in [5.41, 5.74) is 5.28. The number of benzene rings is 1. The van der Waals surface area contributed by atoms with Gasteiger partial charge >= 0.3 is 0 Å². The number of rotatable bonds is 4. The van der Waals surface area contributed by atoms with Gasteiger partial charge in [-0.3, -0.25) is 4.79 Å². The van der Waals surface area contributed by atoms with Crippen LogP contribution in [0.1, 0.15) is 16.8 Å². The van der Waals surface area contributed by atoms with Crippen molar-refractivity contribution in [2.45, 2.75) is 6.42 Å². The Kier molecular flexibility index (Phi) is 4.07. The highest BCUT2D eigenvalue weighted by Gasteiger charge is 2.11. The minimum Gasteiger partial charge on any atom is -0.508 e. The van der Waals surface area contributed by atoms with Gasteiger partial charge in [0.15, 0.2) is 0 Å². The number of hydrogen-bond donors (Lipinski definition) is 4. The van der Waals surface area contributed by atoms with Crippen molar-refractivity contribution in [3.05, 3.63) is 23.8 Å². The molecule has 1 aromatic carbocycles. The van der Waals surface area contributed by atoms with Crippen molar-refractivity contribution in [2.24, 2.45) is 5.73 Å². The molecule has 0 spiro atoms. The summed E-state index contributed by atoms with van der Waals surface area (Å²) in [6.07, 6.45) is 0.390. The van der Waals surface area contributed by atoms with Gasteiger partial charge in [0.1, 0.15) is 11.5 Å². The first-order valence-corrected chi connectivity index (χ1v) is 5.00. The first-order chi connectivity index (χ1) is 7.50. The average molecular weight is 240 g/mol. The van der Waals surface area contributed by atoms with Crippen molar-refractivity contribution in [1.29, 1.82) is 0 Å². The van der Waals surface area contributed by atoms with Crippen LogP contribution in [0, 0.1) is 0 Å². The molecule has 0 unspecified atom stereocenters. The number of nitrogens with one attached hydrogen (secondary N) is 1. The van der Waals surface area contributed by atoms with E-state index in [1.165, 1.54) is 18.2 Å². The van der Waals surface area contributed by atoms with E-state index in [1.54, 1.807) is 0 Å². The van der Waals surface area contributed by atoms with Crippen molar-refractivity contribution >= 4 is 23.1 Å². The summed E-state index contributed by atoms with van der Waals surface area (Å²) >= 11 is 4.65. The van der Waals surface area contributed by atoms with E-state index in [0.29, 0.717) is 18.0 Å². The number of phenols is 2. The highest BCUT2D eigenvalue weighted by Crippen LogP contribution is 2.21. The van der Waals surface area contributed by atoms with Crippen LogP contribution in [-0.2, 0) is 0 Å². The molecule has 0 aliphatic rings. The standard InChI is InChI=1S/C10H12N2O3S/c11-9(16)3-4-12-10(15)7-5-6(13)1-2-8(7)14/h1-2,5,13-14H,3-4H2,(H2,11,16)(H,12,15). The van der Waals surface area contributed by atoms with Gasteiger partial charge in [0.05, 0.1) is 10.6 Å². The maximum absolute atomic E-state index is 11.5. The van der Waals surface area contributed by atoms with Gasteiger partial charge in [0.25, 0.3) is 5.91 Å².